The van der Waals surface area contributed by atoms with Gasteiger partial charge < -0.3 is 20.4 Å². The van der Waals surface area contributed by atoms with E-state index >= 15 is 0 Å². The van der Waals surface area contributed by atoms with Gasteiger partial charge >= 0.3 is 6.09 Å². The molecule has 3 amide bonds. The van der Waals surface area contributed by atoms with Crippen LogP contribution in [0.1, 0.15) is 35.0 Å². The van der Waals surface area contributed by atoms with Crippen LogP contribution in [0.5, 0.6) is 0 Å². The van der Waals surface area contributed by atoms with E-state index in [0.717, 1.165) is 5.56 Å². The quantitative estimate of drug-likeness (QED) is 0.191. The summed E-state index contributed by atoms with van der Waals surface area (Å²) < 4.78 is 20.9. The molecule has 0 spiro atoms. The van der Waals surface area contributed by atoms with Crippen molar-refractivity contribution in [2.45, 2.75) is 25.3 Å². The summed E-state index contributed by atoms with van der Waals surface area (Å²) in [4.78, 5) is 46.0. The Morgan fingerprint density at radius 2 is 2.00 bits per heavy atom. The highest BCUT2D eigenvalue weighted by Crippen LogP contribution is 2.32. The predicted molar refractivity (Wildman–Crippen MR) is 171 cm³/mol. The number of anilines is 2. The number of tetrazole rings is 1. The third-order valence-electron chi connectivity index (χ3n) is 7.43. The van der Waals surface area contributed by atoms with E-state index < -0.39 is 23.9 Å². The topological polar surface area (TPSA) is 169 Å². The number of carbonyl (C=O) groups is 3. The fourth-order valence-electron chi connectivity index (χ4n) is 5.16. The molecule has 6 rings (SSSR count). The molecule has 0 saturated carbocycles. The second kappa shape index (κ2) is 13.6. The number of aromatic nitrogens is 6. The molecule has 1 atom stereocenters. The van der Waals surface area contributed by atoms with E-state index in [1.165, 1.54) is 30.3 Å². The van der Waals surface area contributed by atoms with Crippen LogP contribution in [0.4, 0.5) is 20.6 Å². The SMILES string of the molecule is COC(=O)Nc1ccc2c(c1)NC(=O)CCc1cc(ccc1F)CC(NC(=O)C=Cc1cc(Cl)ccc1-n1cnnn1)c1ncc-2[nH]1. The third kappa shape index (κ3) is 7.34. The van der Waals surface area contributed by atoms with Gasteiger partial charge in [0.15, 0.2) is 0 Å². The number of aromatic amines is 1. The highest BCUT2D eigenvalue weighted by atomic mass is 35.5. The van der Waals surface area contributed by atoms with Crippen LogP contribution in [0, 0.1) is 5.82 Å². The summed E-state index contributed by atoms with van der Waals surface area (Å²) in [6.45, 7) is 0. The fraction of sp³-hybridized carbons (Fsp3) is 0.156. The molecular formula is C32H27ClFN9O4. The van der Waals surface area contributed by atoms with Gasteiger partial charge in [-0.25, -0.2) is 14.2 Å². The van der Waals surface area contributed by atoms with Crippen LogP contribution < -0.4 is 16.0 Å². The number of methoxy groups -OCH3 is 1. The number of rotatable bonds is 5. The molecule has 2 aromatic heterocycles. The summed E-state index contributed by atoms with van der Waals surface area (Å²) in [5.74, 6) is -0.786. The first-order valence-corrected chi connectivity index (χ1v) is 14.8. The van der Waals surface area contributed by atoms with Crippen LogP contribution in [-0.4, -0.2) is 55.2 Å². The Hall–Kier alpha value is -5.89. The standard InChI is InChI=1S/C32H27ClFN9O4/c1-47-32(46)37-22-6-7-23-25(15-22)38-29(44)10-3-19-12-18(2-8-24(19)34)13-26(31-35-16-27(23)40-31)39-30(45)11-4-20-14-21(33)5-9-28(20)43-17-36-41-42-43/h2,4-9,11-12,14-17,26H,3,10,13H2,1H3,(H,35,40)(H,37,46)(H,38,44)(H,39,45). The predicted octanol–water partition coefficient (Wildman–Crippen LogP) is 5.02. The van der Waals surface area contributed by atoms with Gasteiger partial charge in [0.05, 0.1) is 36.4 Å². The molecule has 0 fully saturated rings. The van der Waals surface area contributed by atoms with E-state index in [0.29, 0.717) is 50.3 Å². The van der Waals surface area contributed by atoms with Crippen molar-refractivity contribution in [3.8, 4) is 16.9 Å². The lowest BCUT2D eigenvalue weighted by Crippen LogP contribution is -2.29. The second-order valence-electron chi connectivity index (χ2n) is 10.6. The zero-order valence-electron chi connectivity index (χ0n) is 24.8. The first-order valence-electron chi connectivity index (χ1n) is 14.4. The molecule has 47 heavy (non-hydrogen) atoms. The number of fused-ring (bicyclic) bond motifs is 6. The Balaban J connectivity index is 1.34. The molecule has 1 aliphatic heterocycles. The minimum Gasteiger partial charge on any atom is -0.453 e. The van der Waals surface area contributed by atoms with Crippen molar-refractivity contribution < 1.29 is 23.5 Å². The van der Waals surface area contributed by atoms with E-state index in [2.05, 4.69) is 46.2 Å². The number of benzene rings is 3. The Morgan fingerprint density at radius 1 is 1.13 bits per heavy atom. The Labute approximate surface area is 272 Å². The molecule has 13 nitrogen and oxygen atoms in total. The number of hydrogen-bond donors (Lipinski definition) is 4. The van der Waals surface area contributed by atoms with E-state index in [4.69, 9.17) is 11.6 Å². The summed E-state index contributed by atoms with van der Waals surface area (Å²) in [6.07, 6.45) is 5.73. The monoisotopic (exact) mass is 655 g/mol. The number of nitrogens with zero attached hydrogens (tertiary/aromatic N) is 5. The number of nitrogens with one attached hydrogen (secondary N) is 4. The molecule has 4 N–H and O–H groups in total. The van der Waals surface area contributed by atoms with Crippen LogP contribution in [0.15, 0.2) is 73.2 Å². The van der Waals surface area contributed by atoms with Gasteiger partial charge in [0.2, 0.25) is 11.8 Å². The van der Waals surface area contributed by atoms with Gasteiger partial charge in [-0.1, -0.05) is 23.7 Å². The van der Waals surface area contributed by atoms with E-state index in [1.807, 2.05) is 0 Å². The smallest absolute Gasteiger partial charge is 0.411 e. The van der Waals surface area contributed by atoms with Gasteiger partial charge in [0, 0.05) is 34.3 Å². The lowest BCUT2D eigenvalue weighted by atomic mass is 9.99. The molecule has 238 valence electrons. The number of aryl methyl sites for hydroxylation is 1. The molecule has 0 saturated heterocycles. The van der Waals surface area contributed by atoms with Crippen LogP contribution in [0.3, 0.4) is 0 Å². The maximum atomic E-state index is 14.8. The number of ether oxygens (including phenoxy) is 1. The summed E-state index contributed by atoms with van der Waals surface area (Å²) in [5.41, 5.74) is 4.22. The zero-order valence-corrected chi connectivity index (χ0v) is 25.6. The lowest BCUT2D eigenvalue weighted by Gasteiger charge is -2.18. The fourth-order valence-corrected chi connectivity index (χ4v) is 5.34. The van der Waals surface area contributed by atoms with Crippen molar-refractivity contribution >= 4 is 47.0 Å². The molecule has 3 aromatic carbocycles. The minimum absolute atomic E-state index is 0.00377. The van der Waals surface area contributed by atoms with Gasteiger partial charge in [-0.15, -0.1) is 5.10 Å². The molecule has 0 radical (unpaired) electrons. The minimum atomic E-state index is -0.675. The van der Waals surface area contributed by atoms with E-state index in [-0.39, 0.29) is 25.2 Å². The number of hydrogen-bond acceptors (Lipinski definition) is 8. The van der Waals surface area contributed by atoms with Crippen molar-refractivity contribution in [1.29, 1.82) is 0 Å². The maximum Gasteiger partial charge on any atom is 0.411 e. The van der Waals surface area contributed by atoms with Crippen LogP contribution >= 0.6 is 11.6 Å². The van der Waals surface area contributed by atoms with Crippen LogP contribution in [-0.2, 0) is 27.2 Å². The van der Waals surface area contributed by atoms with Gasteiger partial charge in [-0.2, -0.15) is 4.68 Å². The van der Waals surface area contributed by atoms with Gasteiger partial charge in [-0.05, 0) is 82.9 Å². The van der Waals surface area contributed by atoms with Crippen LogP contribution in [0.2, 0.25) is 5.02 Å². The molecule has 1 unspecified atom stereocenters. The van der Waals surface area contributed by atoms with Gasteiger partial charge in [-0.3, -0.25) is 14.9 Å². The highest BCUT2D eigenvalue weighted by Gasteiger charge is 2.22. The molecule has 15 heteroatoms. The van der Waals surface area contributed by atoms with Crippen molar-refractivity contribution in [3.63, 3.8) is 0 Å². The molecule has 4 bridgehead atoms. The second-order valence-corrected chi connectivity index (χ2v) is 11.0. The molecule has 3 heterocycles. The Kier molecular flexibility index (Phi) is 9.02. The van der Waals surface area contributed by atoms with Crippen molar-refractivity contribution in [3.05, 3.63) is 107 Å². The molecule has 5 aromatic rings. The summed E-state index contributed by atoms with van der Waals surface area (Å²) >= 11 is 6.23. The number of H-pyrrole nitrogens is 1. The van der Waals surface area contributed by atoms with Crippen molar-refractivity contribution in [2.24, 2.45) is 0 Å². The van der Waals surface area contributed by atoms with Gasteiger partial charge in [0.1, 0.15) is 18.0 Å². The van der Waals surface area contributed by atoms with Gasteiger partial charge in [0.25, 0.3) is 0 Å². The highest BCUT2D eigenvalue weighted by molar-refractivity contribution is 6.30. The molecule has 0 aliphatic carbocycles. The summed E-state index contributed by atoms with van der Waals surface area (Å²) in [5, 5.41) is 20.2. The first-order chi connectivity index (χ1) is 22.7. The number of amides is 3. The summed E-state index contributed by atoms with van der Waals surface area (Å²) in [6, 6.07) is 14.1. The molecular weight excluding hydrogens is 629 g/mol. The Morgan fingerprint density at radius 3 is 2.81 bits per heavy atom. The van der Waals surface area contributed by atoms with Crippen molar-refractivity contribution in [2.75, 3.05) is 17.7 Å². The Bertz CT molecular complexity index is 1990. The third-order valence-corrected chi connectivity index (χ3v) is 7.66. The van der Waals surface area contributed by atoms with Crippen molar-refractivity contribution in [1.82, 2.24) is 35.5 Å². The average molecular weight is 656 g/mol. The number of carbonyl (C=O) groups excluding carboxylic acids is 3. The maximum absolute atomic E-state index is 14.8. The largest absolute Gasteiger partial charge is 0.453 e. The number of halogens is 2. The van der Waals surface area contributed by atoms with E-state index in [1.54, 1.807) is 60.8 Å². The number of imidazole rings is 1. The lowest BCUT2D eigenvalue weighted by molar-refractivity contribution is -0.117. The summed E-state index contributed by atoms with van der Waals surface area (Å²) in [7, 11) is 1.24. The average Bonchev–Trinajstić information content (AvgIpc) is 3.77. The van der Waals surface area contributed by atoms with Crippen LogP contribution in [0.25, 0.3) is 23.0 Å². The molecule has 1 aliphatic rings. The zero-order chi connectivity index (χ0) is 32.9. The first kappa shape index (κ1) is 31.1. The van der Waals surface area contributed by atoms with E-state index in [9.17, 15) is 18.8 Å². The normalized spacial score (nSPS) is 14.5.